The van der Waals surface area contributed by atoms with Crippen LogP contribution in [-0.4, -0.2) is 10.4 Å². The van der Waals surface area contributed by atoms with E-state index in [4.69, 9.17) is 10.4 Å². The summed E-state index contributed by atoms with van der Waals surface area (Å²) < 4.78 is 0. The lowest BCUT2D eigenvalue weighted by molar-refractivity contribution is -1.21. The molecule has 1 aromatic rings. The monoisotopic (exact) mass is 166 g/mol. The molecule has 3 nitrogen and oxygen atoms in total. The van der Waals surface area contributed by atoms with Gasteiger partial charge in [-0.1, -0.05) is 30.3 Å². The van der Waals surface area contributed by atoms with Gasteiger partial charge in [0.1, 0.15) is 0 Å². The summed E-state index contributed by atoms with van der Waals surface area (Å²) in [7, 11) is 0. The average molecular weight is 166 g/mol. The van der Waals surface area contributed by atoms with Crippen molar-refractivity contribution in [1.82, 2.24) is 0 Å². The van der Waals surface area contributed by atoms with Crippen LogP contribution in [-0.2, 0) is 0 Å². The number of rotatable bonds is 2. The summed E-state index contributed by atoms with van der Waals surface area (Å²) in [5.41, 5.74) is 1.41. The lowest BCUT2D eigenvalue weighted by Crippen LogP contribution is -3.04. The lowest BCUT2D eigenvalue weighted by Gasteiger charge is -1.99. The van der Waals surface area contributed by atoms with E-state index < -0.39 is 5.23 Å². The number of hydroxylamine groups is 2. The number of hydrogen-bond donors (Lipinski definition) is 3. The van der Waals surface area contributed by atoms with Crippen molar-refractivity contribution >= 4 is 6.08 Å². The van der Waals surface area contributed by atoms with Crippen LogP contribution in [0.5, 0.6) is 0 Å². The molecule has 64 valence electrons. The fraction of sp³-hybridized carbons (Fsp3) is 0.111. The van der Waals surface area contributed by atoms with E-state index in [0.29, 0.717) is 5.70 Å². The third kappa shape index (κ3) is 2.47. The maximum atomic E-state index is 8.69. The predicted molar refractivity (Wildman–Crippen MR) is 44.6 cm³/mol. The Balaban J connectivity index is 2.81. The molecule has 1 aromatic carbocycles. The quantitative estimate of drug-likeness (QED) is 0.566. The molecule has 0 fully saturated rings. The van der Waals surface area contributed by atoms with E-state index in [1.54, 1.807) is 13.0 Å². The van der Waals surface area contributed by atoms with Crippen LogP contribution in [0.25, 0.3) is 6.08 Å². The van der Waals surface area contributed by atoms with Gasteiger partial charge in [0.25, 0.3) is 0 Å². The van der Waals surface area contributed by atoms with E-state index >= 15 is 0 Å². The van der Waals surface area contributed by atoms with Crippen LogP contribution in [0.3, 0.4) is 0 Å². The first-order chi connectivity index (χ1) is 5.70. The van der Waals surface area contributed by atoms with Crippen LogP contribution in [0, 0.1) is 0 Å². The predicted octanol–water partition coefficient (Wildman–Crippen LogP) is 0.711. The molecule has 0 atom stereocenters. The first kappa shape index (κ1) is 8.93. The highest BCUT2D eigenvalue weighted by Gasteiger charge is 2.01. The molecule has 0 aliphatic heterocycles. The highest BCUT2D eigenvalue weighted by Crippen LogP contribution is 2.01. The molecule has 12 heavy (non-hydrogen) atoms. The normalized spacial score (nSPS) is 12.2. The largest absolute Gasteiger partial charge is 0.179 e. The number of hydrogen-bond acceptors (Lipinski definition) is 2. The summed E-state index contributed by atoms with van der Waals surface area (Å²) in [6.45, 7) is 1.64. The van der Waals surface area contributed by atoms with E-state index in [9.17, 15) is 0 Å². The van der Waals surface area contributed by atoms with Crippen LogP contribution in [0.2, 0.25) is 0 Å². The highest BCUT2D eigenvalue weighted by atomic mass is 16.8. The van der Waals surface area contributed by atoms with Crippen molar-refractivity contribution in [2.75, 3.05) is 0 Å². The number of nitrogens with one attached hydrogen (secondary N) is 1. The molecule has 0 aliphatic rings. The molecule has 1 rings (SSSR count). The summed E-state index contributed by atoms with van der Waals surface area (Å²) in [4.78, 5) is 0. The SMILES string of the molecule is CC(=Cc1ccccc1)[NH+](O)O. The van der Waals surface area contributed by atoms with Crippen LogP contribution in [0.4, 0.5) is 0 Å². The molecule has 3 N–H and O–H groups in total. The van der Waals surface area contributed by atoms with Gasteiger partial charge in [0, 0.05) is 13.0 Å². The van der Waals surface area contributed by atoms with Gasteiger partial charge in [0.05, 0.1) is 0 Å². The maximum absolute atomic E-state index is 8.69. The molecule has 0 heterocycles. The van der Waals surface area contributed by atoms with E-state index in [1.165, 1.54) is 0 Å². The van der Waals surface area contributed by atoms with Crippen molar-refractivity contribution in [2.45, 2.75) is 6.92 Å². The Hall–Kier alpha value is -1.16. The molecule has 0 saturated carbocycles. The number of benzene rings is 1. The third-order valence-corrected chi connectivity index (χ3v) is 1.54. The third-order valence-electron chi connectivity index (χ3n) is 1.54. The lowest BCUT2D eigenvalue weighted by atomic mass is 10.2. The topological polar surface area (TPSA) is 44.9 Å². The number of quaternary nitrogens is 1. The molecule has 0 amide bonds. The van der Waals surface area contributed by atoms with Gasteiger partial charge in [0.2, 0.25) is 0 Å². The van der Waals surface area contributed by atoms with Crippen molar-refractivity contribution < 1.29 is 15.6 Å². The second-order valence-corrected chi connectivity index (χ2v) is 2.56. The van der Waals surface area contributed by atoms with Gasteiger partial charge in [-0.05, 0) is 10.8 Å². The molecule has 0 radical (unpaired) electrons. The van der Waals surface area contributed by atoms with Crippen LogP contribution < -0.4 is 5.23 Å². The van der Waals surface area contributed by atoms with E-state index in [0.717, 1.165) is 5.56 Å². The summed E-state index contributed by atoms with van der Waals surface area (Å²) in [5, 5.41) is 16.7. The molecule has 0 spiro atoms. The fourth-order valence-electron chi connectivity index (χ4n) is 0.864. The van der Waals surface area contributed by atoms with E-state index in [1.807, 2.05) is 30.3 Å². The molecule has 0 saturated heterocycles. The van der Waals surface area contributed by atoms with Gasteiger partial charge in [0.15, 0.2) is 5.70 Å². The van der Waals surface area contributed by atoms with E-state index in [2.05, 4.69) is 0 Å². The Morgan fingerprint density at radius 2 is 1.83 bits per heavy atom. The van der Waals surface area contributed by atoms with Crippen molar-refractivity contribution in [3.8, 4) is 0 Å². The van der Waals surface area contributed by atoms with Gasteiger partial charge < -0.3 is 0 Å². The minimum absolute atomic E-state index is 0.459. The first-order valence-corrected chi connectivity index (χ1v) is 3.69. The summed E-state index contributed by atoms with van der Waals surface area (Å²) in [6, 6.07) is 9.50. The second kappa shape index (κ2) is 4.01. The Morgan fingerprint density at radius 3 is 2.33 bits per heavy atom. The molecule has 3 heteroatoms. The fourth-order valence-corrected chi connectivity index (χ4v) is 0.864. The van der Waals surface area contributed by atoms with Crippen LogP contribution in [0.15, 0.2) is 36.0 Å². The Kier molecular flexibility index (Phi) is 2.99. The first-order valence-electron chi connectivity index (χ1n) is 3.69. The minimum atomic E-state index is -0.626. The average Bonchev–Trinajstić information content (AvgIpc) is 2.06. The summed E-state index contributed by atoms with van der Waals surface area (Å²) in [6.07, 6.45) is 1.70. The second-order valence-electron chi connectivity index (χ2n) is 2.56. The summed E-state index contributed by atoms with van der Waals surface area (Å²) in [5.74, 6) is 0. The zero-order valence-electron chi connectivity index (χ0n) is 6.86. The summed E-state index contributed by atoms with van der Waals surface area (Å²) >= 11 is 0. The van der Waals surface area contributed by atoms with Crippen molar-refractivity contribution in [2.24, 2.45) is 0 Å². The molecule has 0 bridgehead atoms. The van der Waals surface area contributed by atoms with Crippen molar-refractivity contribution in [1.29, 1.82) is 0 Å². The van der Waals surface area contributed by atoms with Crippen LogP contribution in [0.1, 0.15) is 12.5 Å². The smallest absolute Gasteiger partial charge is 0.171 e. The Bertz CT molecular complexity index is 267. The number of allylic oxidation sites excluding steroid dienone is 1. The van der Waals surface area contributed by atoms with E-state index in [-0.39, 0.29) is 0 Å². The standard InChI is InChI=1S/C9H11NO2/c1-8(10(11)12)7-9-5-3-2-4-6-9/h2-7,11-12H,1H3/p+1. The molecule has 0 aliphatic carbocycles. The molecule has 0 aromatic heterocycles. The van der Waals surface area contributed by atoms with Gasteiger partial charge in [-0.15, -0.1) is 0 Å². The molecular weight excluding hydrogens is 154 g/mol. The highest BCUT2D eigenvalue weighted by molar-refractivity contribution is 5.49. The van der Waals surface area contributed by atoms with Gasteiger partial charge in [-0.3, -0.25) is 0 Å². The van der Waals surface area contributed by atoms with Crippen molar-refractivity contribution in [3.63, 3.8) is 0 Å². The maximum Gasteiger partial charge on any atom is 0.171 e. The van der Waals surface area contributed by atoms with Crippen molar-refractivity contribution in [3.05, 3.63) is 41.6 Å². The molecular formula is C9H12NO2+. The zero-order valence-corrected chi connectivity index (χ0v) is 6.86. The minimum Gasteiger partial charge on any atom is -0.179 e. The Morgan fingerprint density at radius 1 is 1.25 bits per heavy atom. The van der Waals surface area contributed by atoms with Crippen LogP contribution >= 0.6 is 0 Å². The zero-order chi connectivity index (χ0) is 8.97. The van der Waals surface area contributed by atoms with Gasteiger partial charge in [-0.25, -0.2) is 0 Å². The Labute approximate surface area is 71.1 Å². The van der Waals surface area contributed by atoms with Gasteiger partial charge >= 0.3 is 0 Å². The molecule has 0 unspecified atom stereocenters. The van der Waals surface area contributed by atoms with Gasteiger partial charge in [-0.2, -0.15) is 10.4 Å².